The number of benzene rings is 2. The van der Waals surface area contributed by atoms with Gasteiger partial charge in [-0.15, -0.1) is 11.8 Å². The highest BCUT2D eigenvalue weighted by atomic mass is 35.5. The highest BCUT2D eigenvalue weighted by Gasteiger charge is 2.27. The standard InChI is InChI=1S/C27H35ClN2O3S/c1-20(27(32)29-23-7-4-3-5-8-23)30(19-21-10-14-24(33-2)15-11-21)26(31)9-6-18-34-25-16-12-22(28)13-17-25/h10-17,20,23H,3-9,18-19H2,1-2H3,(H,29,32)/t20-/m1/s1. The van der Waals surface area contributed by atoms with E-state index in [-0.39, 0.29) is 17.9 Å². The van der Waals surface area contributed by atoms with Crippen LogP contribution >= 0.6 is 23.4 Å². The summed E-state index contributed by atoms with van der Waals surface area (Å²) in [6, 6.07) is 15.1. The van der Waals surface area contributed by atoms with Crippen LogP contribution in [0.25, 0.3) is 0 Å². The monoisotopic (exact) mass is 502 g/mol. The third-order valence-corrected chi connectivity index (χ3v) is 7.60. The molecule has 2 aromatic rings. The van der Waals surface area contributed by atoms with Crippen molar-refractivity contribution < 1.29 is 14.3 Å². The van der Waals surface area contributed by atoms with Gasteiger partial charge in [0.25, 0.3) is 0 Å². The zero-order valence-corrected chi connectivity index (χ0v) is 21.7. The zero-order chi connectivity index (χ0) is 24.3. The largest absolute Gasteiger partial charge is 0.497 e. The summed E-state index contributed by atoms with van der Waals surface area (Å²) in [7, 11) is 1.63. The van der Waals surface area contributed by atoms with Crippen LogP contribution < -0.4 is 10.1 Å². The Morgan fingerprint density at radius 2 is 1.76 bits per heavy atom. The van der Waals surface area contributed by atoms with Crippen LogP contribution in [-0.2, 0) is 16.1 Å². The number of ether oxygens (including phenoxy) is 1. The van der Waals surface area contributed by atoms with Crippen LogP contribution in [0.5, 0.6) is 5.75 Å². The zero-order valence-electron chi connectivity index (χ0n) is 20.1. The van der Waals surface area contributed by atoms with Gasteiger partial charge in [0, 0.05) is 28.9 Å². The third-order valence-electron chi connectivity index (χ3n) is 6.25. The molecule has 2 amide bonds. The molecule has 0 saturated heterocycles. The molecular weight excluding hydrogens is 468 g/mol. The van der Waals surface area contributed by atoms with Crippen molar-refractivity contribution in [2.24, 2.45) is 0 Å². The quantitative estimate of drug-likeness (QED) is 0.298. The number of carbonyl (C=O) groups is 2. The summed E-state index contributed by atoms with van der Waals surface area (Å²) >= 11 is 7.66. The van der Waals surface area contributed by atoms with Gasteiger partial charge in [-0.2, -0.15) is 0 Å². The smallest absolute Gasteiger partial charge is 0.242 e. The van der Waals surface area contributed by atoms with Gasteiger partial charge in [-0.1, -0.05) is 43.0 Å². The Labute approximate surface area is 212 Å². The molecule has 0 spiro atoms. The Morgan fingerprint density at radius 1 is 1.09 bits per heavy atom. The highest BCUT2D eigenvalue weighted by Crippen LogP contribution is 2.23. The van der Waals surface area contributed by atoms with Gasteiger partial charge in [-0.3, -0.25) is 9.59 Å². The molecule has 34 heavy (non-hydrogen) atoms. The molecule has 0 unspecified atom stereocenters. The Balaban J connectivity index is 1.60. The molecule has 1 saturated carbocycles. The van der Waals surface area contributed by atoms with E-state index in [1.165, 1.54) is 6.42 Å². The van der Waals surface area contributed by atoms with Gasteiger partial charge in [-0.05, 0) is 73.9 Å². The van der Waals surface area contributed by atoms with Gasteiger partial charge in [0.05, 0.1) is 7.11 Å². The topological polar surface area (TPSA) is 58.6 Å². The van der Waals surface area contributed by atoms with E-state index < -0.39 is 6.04 Å². The highest BCUT2D eigenvalue weighted by molar-refractivity contribution is 7.99. The van der Waals surface area contributed by atoms with Crippen molar-refractivity contribution in [3.8, 4) is 5.75 Å². The molecule has 1 atom stereocenters. The van der Waals surface area contributed by atoms with Crippen molar-refractivity contribution in [1.29, 1.82) is 0 Å². The summed E-state index contributed by atoms with van der Waals surface area (Å²) in [5, 5.41) is 3.90. The van der Waals surface area contributed by atoms with E-state index in [2.05, 4.69) is 5.32 Å². The van der Waals surface area contributed by atoms with Crippen LogP contribution in [0.3, 0.4) is 0 Å². The van der Waals surface area contributed by atoms with Crippen LogP contribution in [0.4, 0.5) is 0 Å². The maximum atomic E-state index is 13.3. The van der Waals surface area contributed by atoms with E-state index in [0.29, 0.717) is 18.0 Å². The number of rotatable bonds is 11. The Bertz CT molecular complexity index is 914. The average Bonchev–Trinajstić information content (AvgIpc) is 2.86. The van der Waals surface area contributed by atoms with Gasteiger partial charge < -0.3 is 15.0 Å². The minimum absolute atomic E-state index is 0.00109. The molecule has 0 bridgehead atoms. The predicted molar refractivity (Wildman–Crippen MR) is 139 cm³/mol. The van der Waals surface area contributed by atoms with Crippen molar-refractivity contribution in [2.45, 2.75) is 75.4 Å². The van der Waals surface area contributed by atoms with Gasteiger partial charge in [0.2, 0.25) is 11.8 Å². The second-order valence-corrected chi connectivity index (χ2v) is 10.4. The molecule has 7 heteroatoms. The molecule has 1 N–H and O–H groups in total. The molecule has 0 heterocycles. The van der Waals surface area contributed by atoms with Crippen LogP contribution in [0.1, 0.15) is 57.4 Å². The van der Waals surface area contributed by atoms with E-state index in [9.17, 15) is 9.59 Å². The summed E-state index contributed by atoms with van der Waals surface area (Å²) in [6.07, 6.45) is 6.72. The summed E-state index contributed by atoms with van der Waals surface area (Å²) in [4.78, 5) is 29.2. The lowest BCUT2D eigenvalue weighted by atomic mass is 9.95. The van der Waals surface area contributed by atoms with Crippen molar-refractivity contribution in [1.82, 2.24) is 10.2 Å². The lowest BCUT2D eigenvalue weighted by Gasteiger charge is -2.31. The Hall–Kier alpha value is -2.18. The van der Waals surface area contributed by atoms with E-state index in [1.54, 1.807) is 23.8 Å². The number of carbonyl (C=O) groups excluding carboxylic acids is 2. The number of halogens is 1. The van der Waals surface area contributed by atoms with Crippen molar-refractivity contribution in [2.75, 3.05) is 12.9 Å². The van der Waals surface area contributed by atoms with Gasteiger partial charge in [0.15, 0.2) is 0 Å². The van der Waals surface area contributed by atoms with Crippen LogP contribution in [0.2, 0.25) is 5.02 Å². The summed E-state index contributed by atoms with van der Waals surface area (Å²) in [5.41, 5.74) is 0.974. The van der Waals surface area contributed by atoms with E-state index in [1.807, 2.05) is 55.5 Å². The molecule has 1 aliphatic carbocycles. The first kappa shape index (κ1) is 26.4. The minimum Gasteiger partial charge on any atom is -0.497 e. The maximum absolute atomic E-state index is 13.3. The lowest BCUT2D eigenvalue weighted by Crippen LogP contribution is -2.50. The maximum Gasteiger partial charge on any atom is 0.242 e. The van der Waals surface area contributed by atoms with Crippen LogP contribution in [0, 0.1) is 0 Å². The molecule has 0 aromatic heterocycles. The van der Waals surface area contributed by atoms with Gasteiger partial charge >= 0.3 is 0 Å². The predicted octanol–water partition coefficient (Wildman–Crippen LogP) is 6.09. The molecule has 3 rings (SSSR count). The molecular formula is C27H35ClN2O3S. The Morgan fingerprint density at radius 3 is 2.41 bits per heavy atom. The van der Waals surface area contributed by atoms with Gasteiger partial charge in [0.1, 0.15) is 11.8 Å². The first-order valence-electron chi connectivity index (χ1n) is 12.1. The summed E-state index contributed by atoms with van der Waals surface area (Å²) in [6.45, 7) is 2.23. The average molecular weight is 503 g/mol. The number of hydrogen-bond acceptors (Lipinski definition) is 4. The van der Waals surface area contributed by atoms with Crippen molar-refractivity contribution in [3.05, 3.63) is 59.1 Å². The second kappa shape index (κ2) is 13.6. The lowest BCUT2D eigenvalue weighted by molar-refractivity contribution is -0.141. The fourth-order valence-corrected chi connectivity index (χ4v) is 5.15. The molecule has 1 aliphatic rings. The number of methoxy groups -OCH3 is 1. The van der Waals surface area contributed by atoms with Crippen molar-refractivity contribution >= 4 is 35.2 Å². The normalized spacial score (nSPS) is 14.9. The fourth-order valence-electron chi connectivity index (χ4n) is 4.17. The number of hydrogen-bond donors (Lipinski definition) is 1. The fraction of sp³-hybridized carbons (Fsp3) is 0.481. The third kappa shape index (κ3) is 8.24. The summed E-state index contributed by atoms with van der Waals surface area (Å²) in [5.74, 6) is 1.53. The number of thioether (sulfide) groups is 1. The number of nitrogens with zero attached hydrogens (tertiary/aromatic N) is 1. The van der Waals surface area contributed by atoms with Crippen LogP contribution in [-0.4, -0.2) is 41.7 Å². The second-order valence-electron chi connectivity index (χ2n) is 8.80. The van der Waals surface area contributed by atoms with Crippen LogP contribution in [0.15, 0.2) is 53.4 Å². The van der Waals surface area contributed by atoms with E-state index in [4.69, 9.17) is 16.3 Å². The van der Waals surface area contributed by atoms with E-state index >= 15 is 0 Å². The summed E-state index contributed by atoms with van der Waals surface area (Å²) < 4.78 is 5.25. The first-order valence-corrected chi connectivity index (χ1v) is 13.4. The molecule has 0 aliphatic heterocycles. The number of amides is 2. The molecule has 184 valence electrons. The number of nitrogens with one attached hydrogen (secondary N) is 1. The van der Waals surface area contributed by atoms with E-state index in [0.717, 1.165) is 54.1 Å². The van der Waals surface area contributed by atoms with Gasteiger partial charge in [-0.25, -0.2) is 0 Å². The Kier molecular flexibility index (Phi) is 10.6. The first-order chi connectivity index (χ1) is 16.5. The van der Waals surface area contributed by atoms with Crippen molar-refractivity contribution in [3.63, 3.8) is 0 Å². The SMILES string of the molecule is COc1ccc(CN(C(=O)CCCSc2ccc(Cl)cc2)[C@H](C)C(=O)NC2CCCCC2)cc1. The molecule has 1 fully saturated rings. The molecule has 0 radical (unpaired) electrons. The molecule has 2 aromatic carbocycles. The minimum atomic E-state index is -0.527. The molecule has 5 nitrogen and oxygen atoms in total.